The first kappa shape index (κ1) is 21.6. The molecular weight excluding hydrogens is 400 g/mol. The van der Waals surface area contributed by atoms with Gasteiger partial charge in [0.15, 0.2) is 0 Å². The molecule has 5 nitrogen and oxygen atoms in total. The van der Waals surface area contributed by atoms with Crippen molar-refractivity contribution in [1.29, 1.82) is 0 Å². The smallest absolute Gasteiger partial charge is 0.303 e. The highest BCUT2D eigenvalue weighted by molar-refractivity contribution is 6.12. The van der Waals surface area contributed by atoms with E-state index in [0.29, 0.717) is 25.5 Å². The molecule has 164 valence electrons. The van der Waals surface area contributed by atoms with Crippen LogP contribution in [0, 0.1) is 5.92 Å². The van der Waals surface area contributed by atoms with Gasteiger partial charge in [-0.3, -0.25) is 4.79 Å². The maximum Gasteiger partial charge on any atom is 0.303 e. The Morgan fingerprint density at radius 1 is 0.938 bits per heavy atom. The standard InChI is InChI=1S/C27H28N2O3/c30-26(31)16-13-20-11-14-25(15-12-20)28-18-22-5-4-8-24(17-22)27(23-6-2-1-3-7-23)29-32-19-21-9-10-21/h1-8,11-12,14-15,17,21,28H,9-10,13,16,18-19H2,(H,30,31). The fourth-order valence-corrected chi connectivity index (χ4v) is 3.43. The van der Waals surface area contributed by atoms with Crippen LogP contribution in [0.25, 0.3) is 0 Å². The third-order valence-electron chi connectivity index (χ3n) is 5.49. The minimum Gasteiger partial charge on any atom is -0.481 e. The van der Waals surface area contributed by atoms with E-state index in [1.807, 2.05) is 48.5 Å². The highest BCUT2D eigenvalue weighted by atomic mass is 16.6. The van der Waals surface area contributed by atoms with Gasteiger partial charge in [-0.1, -0.05) is 65.8 Å². The van der Waals surface area contributed by atoms with Crippen LogP contribution in [0.15, 0.2) is 84.0 Å². The van der Waals surface area contributed by atoms with Crippen molar-refractivity contribution < 1.29 is 14.7 Å². The first-order valence-electron chi connectivity index (χ1n) is 11.1. The second-order valence-electron chi connectivity index (χ2n) is 8.19. The summed E-state index contributed by atoms with van der Waals surface area (Å²) in [6, 6.07) is 26.4. The molecular formula is C27H28N2O3. The maximum absolute atomic E-state index is 10.7. The number of benzene rings is 3. The van der Waals surface area contributed by atoms with Gasteiger partial charge in [0.05, 0.1) is 0 Å². The van der Waals surface area contributed by atoms with Gasteiger partial charge >= 0.3 is 5.97 Å². The van der Waals surface area contributed by atoms with Crippen LogP contribution in [0.1, 0.15) is 41.5 Å². The van der Waals surface area contributed by atoms with Gasteiger partial charge in [-0.2, -0.15) is 0 Å². The summed E-state index contributed by atoms with van der Waals surface area (Å²) < 4.78 is 0. The van der Waals surface area contributed by atoms with E-state index in [1.54, 1.807) is 0 Å². The second-order valence-corrected chi connectivity index (χ2v) is 8.19. The summed E-state index contributed by atoms with van der Waals surface area (Å²) in [5.41, 5.74) is 6.06. The molecule has 1 saturated carbocycles. The number of rotatable bonds is 11. The van der Waals surface area contributed by atoms with Crippen LogP contribution >= 0.6 is 0 Å². The molecule has 0 saturated heterocycles. The summed E-state index contributed by atoms with van der Waals surface area (Å²) in [6.45, 7) is 1.35. The molecule has 3 aromatic rings. The van der Waals surface area contributed by atoms with Crippen molar-refractivity contribution in [3.63, 3.8) is 0 Å². The Bertz CT molecular complexity index is 1060. The fourth-order valence-electron chi connectivity index (χ4n) is 3.43. The number of hydrogen-bond acceptors (Lipinski definition) is 4. The van der Waals surface area contributed by atoms with E-state index in [-0.39, 0.29) is 6.42 Å². The number of carbonyl (C=O) groups is 1. The molecule has 1 aliphatic carbocycles. The lowest BCUT2D eigenvalue weighted by Gasteiger charge is -2.11. The number of anilines is 1. The summed E-state index contributed by atoms with van der Waals surface area (Å²) in [6.07, 6.45) is 3.16. The summed E-state index contributed by atoms with van der Waals surface area (Å²) in [7, 11) is 0. The number of aryl methyl sites for hydroxylation is 1. The molecule has 0 bridgehead atoms. The predicted octanol–water partition coefficient (Wildman–Crippen LogP) is 5.49. The number of oxime groups is 1. The molecule has 2 N–H and O–H groups in total. The van der Waals surface area contributed by atoms with Gasteiger partial charge in [0.1, 0.15) is 12.3 Å². The maximum atomic E-state index is 10.7. The van der Waals surface area contributed by atoms with Gasteiger partial charge in [-0.25, -0.2) is 0 Å². The largest absolute Gasteiger partial charge is 0.481 e. The summed E-state index contributed by atoms with van der Waals surface area (Å²) in [5, 5.41) is 16.8. The second kappa shape index (κ2) is 10.6. The Morgan fingerprint density at radius 3 is 2.41 bits per heavy atom. The topological polar surface area (TPSA) is 70.9 Å². The van der Waals surface area contributed by atoms with E-state index in [2.05, 4.69) is 40.8 Å². The van der Waals surface area contributed by atoms with E-state index >= 15 is 0 Å². The average molecular weight is 429 g/mol. The number of nitrogens with zero attached hydrogens (tertiary/aromatic N) is 1. The van der Waals surface area contributed by atoms with Crippen LogP contribution in [0.2, 0.25) is 0 Å². The lowest BCUT2D eigenvalue weighted by molar-refractivity contribution is -0.136. The van der Waals surface area contributed by atoms with E-state index in [1.165, 1.54) is 12.8 Å². The van der Waals surface area contributed by atoms with E-state index < -0.39 is 5.97 Å². The molecule has 3 aromatic carbocycles. The van der Waals surface area contributed by atoms with Gasteiger partial charge < -0.3 is 15.3 Å². The average Bonchev–Trinajstić information content (AvgIpc) is 3.65. The Morgan fingerprint density at radius 2 is 1.69 bits per heavy atom. The zero-order valence-corrected chi connectivity index (χ0v) is 18.0. The van der Waals surface area contributed by atoms with Crippen molar-refractivity contribution in [2.75, 3.05) is 11.9 Å². The van der Waals surface area contributed by atoms with Crippen molar-refractivity contribution in [2.24, 2.45) is 11.1 Å². The third-order valence-corrected chi connectivity index (χ3v) is 5.49. The quantitative estimate of drug-likeness (QED) is 0.313. The van der Waals surface area contributed by atoms with Crippen LogP contribution in [0.5, 0.6) is 0 Å². The van der Waals surface area contributed by atoms with Crippen molar-refractivity contribution >= 4 is 17.4 Å². The van der Waals surface area contributed by atoms with E-state index in [4.69, 9.17) is 9.94 Å². The van der Waals surface area contributed by atoms with Crippen LogP contribution in [-0.4, -0.2) is 23.4 Å². The van der Waals surface area contributed by atoms with Gasteiger partial charge in [0.2, 0.25) is 0 Å². The van der Waals surface area contributed by atoms with Gasteiger partial charge in [-0.05, 0) is 54.5 Å². The van der Waals surface area contributed by atoms with E-state index in [0.717, 1.165) is 33.7 Å². The molecule has 0 amide bonds. The third kappa shape index (κ3) is 6.45. The minimum atomic E-state index is -0.775. The molecule has 0 aromatic heterocycles. The van der Waals surface area contributed by atoms with Gasteiger partial charge in [0, 0.05) is 29.8 Å². The lowest BCUT2D eigenvalue weighted by atomic mass is 10.0. The number of nitrogens with one attached hydrogen (secondary N) is 1. The fraction of sp³-hybridized carbons (Fsp3) is 0.259. The Balaban J connectivity index is 1.43. The zero-order chi connectivity index (χ0) is 22.2. The molecule has 0 spiro atoms. The molecule has 1 fully saturated rings. The van der Waals surface area contributed by atoms with Crippen LogP contribution in [-0.2, 0) is 22.6 Å². The highest BCUT2D eigenvalue weighted by Crippen LogP contribution is 2.29. The molecule has 32 heavy (non-hydrogen) atoms. The van der Waals surface area contributed by atoms with E-state index in [9.17, 15) is 4.79 Å². The summed E-state index contributed by atoms with van der Waals surface area (Å²) in [4.78, 5) is 16.4. The molecule has 4 rings (SSSR count). The summed E-state index contributed by atoms with van der Waals surface area (Å²) >= 11 is 0. The minimum absolute atomic E-state index is 0.148. The Kier molecular flexibility index (Phi) is 7.18. The van der Waals surface area contributed by atoms with Gasteiger partial charge in [0.25, 0.3) is 0 Å². The predicted molar refractivity (Wildman–Crippen MR) is 127 cm³/mol. The van der Waals surface area contributed by atoms with Crippen molar-refractivity contribution in [3.05, 3.63) is 101 Å². The molecule has 0 atom stereocenters. The normalized spacial score (nSPS) is 13.6. The monoisotopic (exact) mass is 428 g/mol. The molecule has 5 heteroatoms. The van der Waals surface area contributed by atoms with Crippen LogP contribution < -0.4 is 5.32 Å². The van der Waals surface area contributed by atoms with Crippen molar-refractivity contribution in [2.45, 2.75) is 32.2 Å². The van der Waals surface area contributed by atoms with Crippen LogP contribution in [0.3, 0.4) is 0 Å². The lowest BCUT2D eigenvalue weighted by Crippen LogP contribution is -2.07. The number of carboxylic acid groups (broad SMARTS) is 1. The SMILES string of the molecule is O=C(O)CCc1ccc(NCc2cccc(C(=NOCC3CC3)c3ccccc3)c2)cc1. The number of aliphatic carboxylic acids is 1. The Labute approximate surface area is 188 Å². The molecule has 0 aliphatic heterocycles. The van der Waals surface area contributed by atoms with Gasteiger partial charge in [-0.15, -0.1) is 0 Å². The molecule has 0 unspecified atom stereocenters. The Hall–Kier alpha value is -3.60. The first-order valence-corrected chi connectivity index (χ1v) is 11.1. The first-order chi connectivity index (χ1) is 15.7. The number of hydrogen-bond donors (Lipinski definition) is 2. The molecule has 1 aliphatic rings. The molecule has 0 heterocycles. The summed E-state index contributed by atoms with van der Waals surface area (Å²) in [5.74, 6) is -0.120. The van der Waals surface area contributed by atoms with Crippen molar-refractivity contribution in [1.82, 2.24) is 0 Å². The highest BCUT2D eigenvalue weighted by Gasteiger charge is 2.22. The molecule has 0 radical (unpaired) electrons. The van der Waals surface area contributed by atoms with Crippen LogP contribution in [0.4, 0.5) is 5.69 Å². The zero-order valence-electron chi connectivity index (χ0n) is 18.0. The van der Waals surface area contributed by atoms with Crippen molar-refractivity contribution in [3.8, 4) is 0 Å². The number of carboxylic acids is 1.